The lowest BCUT2D eigenvalue weighted by molar-refractivity contribution is -0.144. The van der Waals surface area contributed by atoms with Crippen molar-refractivity contribution < 1.29 is 9.59 Å². The zero-order valence-corrected chi connectivity index (χ0v) is 11.0. The average Bonchev–Trinajstić information content (AvgIpc) is 2.74. The van der Waals surface area contributed by atoms with E-state index < -0.39 is 0 Å². The minimum atomic E-state index is -0.192. The van der Waals surface area contributed by atoms with Gasteiger partial charge in [-0.05, 0) is 31.7 Å². The van der Waals surface area contributed by atoms with Gasteiger partial charge < -0.3 is 4.90 Å². The van der Waals surface area contributed by atoms with E-state index in [2.05, 4.69) is 0 Å². The fourth-order valence-electron chi connectivity index (χ4n) is 2.13. The Balaban J connectivity index is 2.09. The van der Waals surface area contributed by atoms with Crippen molar-refractivity contribution in [1.82, 2.24) is 4.90 Å². The van der Waals surface area contributed by atoms with Crippen molar-refractivity contribution in [2.24, 2.45) is 0 Å². The van der Waals surface area contributed by atoms with Crippen LogP contribution in [0.3, 0.4) is 0 Å². The molecule has 0 atom stereocenters. The molecule has 0 bridgehead atoms. The molecule has 0 saturated carbocycles. The molecule has 1 aromatic rings. The van der Waals surface area contributed by atoms with Gasteiger partial charge in [0.1, 0.15) is 0 Å². The number of piperidine rings is 1. The summed E-state index contributed by atoms with van der Waals surface area (Å²) in [6.45, 7) is 4.34. The highest BCUT2D eigenvalue weighted by Crippen LogP contribution is 2.26. The number of ketones is 1. The molecule has 0 radical (unpaired) electrons. The normalized spacial score (nSPS) is 19.4. The molecule has 4 heteroatoms. The number of Topliss-reactive ketones (excluding diaryl/α,β-unsaturated/α-hetero) is 1. The van der Waals surface area contributed by atoms with Gasteiger partial charge in [0.05, 0.1) is 13.0 Å². The Morgan fingerprint density at radius 3 is 2.94 bits per heavy atom. The Labute approximate surface area is 105 Å². The predicted octanol–water partition coefficient (Wildman–Crippen LogP) is 2.26. The number of thiophene rings is 1. The summed E-state index contributed by atoms with van der Waals surface area (Å²) in [5.41, 5.74) is -0.192. The number of hydrogen-bond donors (Lipinski definition) is 0. The number of likely N-dealkylation sites (tertiary alicyclic amines) is 1. The molecule has 1 saturated heterocycles. The number of rotatable bonds is 2. The van der Waals surface area contributed by atoms with Crippen molar-refractivity contribution in [3.8, 4) is 0 Å². The van der Waals surface area contributed by atoms with E-state index in [-0.39, 0.29) is 23.8 Å². The van der Waals surface area contributed by atoms with Crippen molar-refractivity contribution >= 4 is 23.0 Å². The van der Waals surface area contributed by atoms with Crippen LogP contribution in [0.4, 0.5) is 0 Å². The Morgan fingerprint density at radius 1 is 1.53 bits per heavy atom. The van der Waals surface area contributed by atoms with Gasteiger partial charge in [-0.2, -0.15) is 0 Å². The van der Waals surface area contributed by atoms with Crippen LogP contribution >= 0.6 is 11.3 Å². The molecule has 2 heterocycles. The summed E-state index contributed by atoms with van der Waals surface area (Å²) in [7, 11) is 0. The molecular formula is C13H17NO2S. The van der Waals surface area contributed by atoms with Gasteiger partial charge in [0.25, 0.3) is 0 Å². The van der Waals surface area contributed by atoms with Gasteiger partial charge in [0.2, 0.25) is 5.91 Å². The molecular weight excluding hydrogens is 234 g/mol. The van der Waals surface area contributed by atoms with Gasteiger partial charge >= 0.3 is 0 Å². The smallest absolute Gasteiger partial charge is 0.228 e. The van der Waals surface area contributed by atoms with Crippen LogP contribution in [-0.2, 0) is 16.0 Å². The van der Waals surface area contributed by atoms with Gasteiger partial charge in [0.15, 0.2) is 5.78 Å². The topological polar surface area (TPSA) is 37.4 Å². The number of nitrogens with zero attached hydrogens (tertiary/aromatic N) is 1. The number of hydrogen-bond acceptors (Lipinski definition) is 3. The predicted molar refractivity (Wildman–Crippen MR) is 68.1 cm³/mol. The SMILES string of the molecule is CC1(C)CCC(=O)CN1C(=O)Cc1cccs1. The molecule has 0 aliphatic carbocycles. The molecule has 1 aliphatic rings. The Bertz CT molecular complexity index is 423. The van der Waals surface area contributed by atoms with E-state index in [0.717, 1.165) is 11.3 Å². The Morgan fingerprint density at radius 2 is 2.29 bits per heavy atom. The molecule has 17 heavy (non-hydrogen) atoms. The lowest BCUT2D eigenvalue weighted by Gasteiger charge is -2.41. The van der Waals surface area contributed by atoms with Crippen LogP contribution in [0.2, 0.25) is 0 Å². The van der Waals surface area contributed by atoms with Crippen molar-refractivity contribution in [2.75, 3.05) is 6.54 Å². The van der Waals surface area contributed by atoms with Crippen LogP contribution in [0.15, 0.2) is 17.5 Å². The average molecular weight is 251 g/mol. The van der Waals surface area contributed by atoms with E-state index in [9.17, 15) is 9.59 Å². The van der Waals surface area contributed by atoms with E-state index in [1.807, 2.05) is 31.4 Å². The standard InChI is InChI=1S/C13H17NO2S/c1-13(2)6-5-10(15)9-14(13)12(16)8-11-4-3-7-17-11/h3-4,7H,5-6,8-9H2,1-2H3. The summed E-state index contributed by atoms with van der Waals surface area (Å²) in [6, 6.07) is 3.90. The molecule has 92 valence electrons. The third kappa shape index (κ3) is 2.75. The maximum Gasteiger partial charge on any atom is 0.228 e. The van der Waals surface area contributed by atoms with Gasteiger partial charge in [-0.3, -0.25) is 9.59 Å². The summed E-state index contributed by atoms with van der Waals surface area (Å²) >= 11 is 1.58. The van der Waals surface area contributed by atoms with Crippen LogP contribution in [0.1, 0.15) is 31.6 Å². The first kappa shape index (κ1) is 12.3. The highest BCUT2D eigenvalue weighted by atomic mass is 32.1. The monoisotopic (exact) mass is 251 g/mol. The first-order valence-corrected chi connectivity index (χ1v) is 6.71. The minimum absolute atomic E-state index is 0.0606. The Hall–Kier alpha value is -1.16. The largest absolute Gasteiger partial charge is 0.330 e. The molecule has 0 aromatic carbocycles. The zero-order chi connectivity index (χ0) is 12.5. The van der Waals surface area contributed by atoms with E-state index in [1.165, 1.54) is 0 Å². The van der Waals surface area contributed by atoms with Gasteiger partial charge in [-0.1, -0.05) is 6.07 Å². The molecule has 1 aromatic heterocycles. The molecule has 1 amide bonds. The minimum Gasteiger partial charge on any atom is -0.330 e. The van der Waals surface area contributed by atoms with Crippen LogP contribution in [0.5, 0.6) is 0 Å². The summed E-state index contributed by atoms with van der Waals surface area (Å²) in [4.78, 5) is 26.5. The molecule has 0 unspecified atom stereocenters. The third-order valence-corrected chi connectivity index (χ3v) is 4.16. The van der Waals surface area contributed by atoms with Crippen LogP contribution in [0.25, 0.3) is 0 Å². The molecule has 1 aliphatic heterocycles. The van der Waals surface area contributed by atoms with Crippen molar-refractivity contribution in [2.45, 2.75) is 38.6 Å². The molecule has 0 spiro atoms. The molecule has 3 nitrogen and oxygen atoms in total. The van der Waals surface area contributed by atoms with Gasteiger partial charge in [-0.25, -0.2) is 0 Å². The lowest BCUT2D eigenvalue weighted by Crippen LogP contribution is -2.54. The summed E-state index contributed by atoms with van der Waals surface area (Å²) in [5.74, 6) is 0.231. The van der Waals surface area contributed by atoms with Crippen molar-refractivity contribution in [3.05, 3.63) is 22.4 Å². The van der Waals surface area contributed by atoms with Gasteiger partial charge in [0, 0.05) is 16.8 Å². The van der Waals surface area contributed by atoms with Crippen LogP contribution < -0.4 is 0 Å². The molecule has 0 N–H and O–H groups in total. The van der Waals surface area contributed by atoms with E-state index in [0.29, 0.717) is 12.8 Å². The highest BCUT2D eigenvalue weighted by Gasteiger charge is 2.36. The summed E-state index contributed by atoms with van der Waals surface area (Å²) < 4.78 is 0. The fraction of sp³-hybridized carbons (Fsp3) is 0.538. The second-order valence-electron chi connectivity index (χ2n) is 5.09. The summed E-state index contributed by atoms with van der Waals surface area (Å²) in [6.07, 6.45) is 1.77. The third-order valence-electron chi connectivity index (χ3n) is 3.29. The number of amides is 1. The maximum atomic E-state index is 12.2. The lowest BCUT2D eigenvalue weighted by atomic mass is 9.89. The first-order valence-electron chi connectivity index (χ1n) is 5.83. The van der Waals surface area contributed by atoms with Gasteiger partial charge in [-0.15, -0.1) is 11.3 Å². The Kier molecular flexibility index (Phi) is 3.33. The first-order chi connectivity index (χ1) is 7.99. The molecule has 2 rings (SSSR count). The second-order valence-corrected chi connectivity index (χ2v) is 6.12. The fourth-order valence-corrected chi connectivity index (χ4v) is 2.83. The molecule has 1 fully saturated rings. The maximum absolute atomic E-state index is 12.2. The second kappa shape index (κ2) is 4.61. The van der Waals surface area contributed by atoms with E-state index >= 15 is 0 Å². The van der Waals surface area contributed by atoms with Crippen molar-refractivity contribution in [3.63, 3.8) is 0 Å². The van der Waals surface area contributed by atoms with Crippen molar-refractivity contribution in [1.29, 1.82) is 0 Å². The van der Waals surface area contributed by atoms with Crippen LogP contribution in [-0.4, -0.2) is 28.7 Å². The van der Waals surface area contributed by atoms with E-state index in [4.69, 9.17) is 0 Å². The quantitative estimate of drug-likeness (QED) is 0.808. The summed E-state index contributed by atoms with van der Waals surface area (Å²) in [5, 5.41) is 1.97. The number of carbonyl (C=O) groups is 2. The zero-order valence-electron chi connectivity index (χ0n) is 10.2. The number of carbonyl (C=O) groups excluding carboxylic acids is 2. The highest BCUT2D eigenvalue weighted by molar-refractivity contribution is 7.10. The van der Waals surface area contributed by atoms with Crippen LogP contribution in [0, 0.1) is 0 Å². The van der Waals surface area contributed by atoms with E-state index in [1.54, 1.807) is 16.2 Å².